The number of carbonyl (C=O) groups excluding carboxylic acids is 1. The van der Waals surface area contributed by atoms with Gasteiger partial charge in [0.25, 0.3) is 0 Å². The molecule has 1 saturated heterocycles. The van der Waals surface area contributed by atoms with Crippen LogP contribution in [-0.4, -0.2) is 26.9 Å². The lowest BCUT2D eigenvalue weighted by Crippen LogP contribution is -2.43. The molecule has 0 aliphatic carbocycles. The molecule has 1 fully saturated rings. The maximum absolute atomic E-state index is 14.4. The Morgan fingerprint density at radius 3 is 3.10 bits per heavy atom. The molecule has 2 atom stereocenters. The molecule has 8 heteroatoms. The lowest BCUT2D eigenvalue weighted by atomic mass is 9.87. The molecule has 1 N–H and O–H groups in total. The van der Waals surface area contributed by atoms with Gasteiger partial charge in [0.15, 0.2) is 5.60 Å². The van der Waals surface area contributed by atoms with E-state index in [1.807, 2.05) is 0 Å². The fourth-order valence-electron chi connectivity index (χ4n) is 2.30. The Kier molecular flexibility index (Phi) is 2.34. The summed E-state index contributed by atoms with van der Waals surface area (Å²) >= 11 is 0. The minimum atomic E-state index is -2.70. The number of amides is 1. The third-order valence-corrected chi connectivity index (χ3v) is 3.25. The van der Waals surface area contributed by atoms with Crippen molar-refractivity contribution in [1.82, 2.24) is 20.1 Å². The van der Waals surface area contributed by atoms with Crippen LogP contribution in [0.1, 0.15) is 16.5 Å². The van der Waals surface area contributed by atoms with Crippen LogP contribution >= 0.6 is 0 Å². The number of ether oxygens (including phenoxy) is 1. The SMILES string of the molecule is [2H]C([2H])([2H])[C@H]1NC(=O)O[C@@]1(Cn1cncn1)c1ccc(F)cc1F. The van der Waals surface area contributed by atoms with Crippen LogP contribution in [0.15, 0.2) is 30.9 Å². The van der Waals surface area contributed by atoms with Crippen molar-refractivity contribution in [3.8, 4) is 0 Å². The first kappa shape index (κ1) is 10.3. The third kappa shape index (κ3) is 2.22. The van der Waals surface area contributed by atoms with Gasteiger partial charge in [-0.2, -0.15) is 5.10 Å². The minimum Gasteiger partial charge on any atom is -0.434 e. The highest BCUT2D eigenvalue weighted by molar-refractivity contribution is 5.71. The van der Waals surface area contributed by atoms with Crippen molar-refractivity contribution in [3.63, 3.8) is 0 Å². The van der Waals surface area contributed by atoms with Gasteiger partial charge in [-0.25, -0.2) is 23.2 Å². The molecule has 6 nitrogen and oxygen atoms in total. The zero-order valence-corrected chi connectivity index (χ0v) is 10.6. The van der Waals surface area contributed by atoms with Gasteiger partial charge in [0, 0.05) is 15.7 Å². The van der Waals surface area contributed by atoms with Crippen LogP contribution in [0.3, 0.4) is 0 Å². The number of hydrogen-bond acceptors (Lipinski definition) is 4. The Labute approximate surface area is 123 Å². The first-order valence-corrected chi connectivity index (χ1v) is 6.00. The topological polar surface area (TPSA) is 69.0 Å². The van der Waals surface area contributed by atoms with E-state index in [1.54, 1.807) is 0 Å². The highest BCUT2D eigenvalue weighted by Crippen LogP contribution is 2.37. The fourth-order valence-corrected chi connectivity index (χ4v) is 2.30. The number of cyclic esters (lactones) is 1. The van der Waals surface area contributed by atoms with Crippen LogP contribution in [0.5, 0.6) is 0 Å². The predicted molar refractivity (Wildman–Crippen MR) is 67.1 cm³/mol. The molecule has 3 rings (SSSR count). The number of benzene rings is 1. The number of alkyl carbamates (subject to hydrolysis) is 1. The van der Waals surface area contributed by atoms with E-state index < -0.39 is 36.2 Å². The van der Waals surface area contributed by atoms with Gasteiger partial charge in [-0.05, 0) is 19.0 Å². The van der Waals surface area contributed by atoms with E-state index >= 15 is 0 Å². The Balaban J connectivity index is 2.18. The van der Waals surface area contributed by atoms with Gasteiger partial charge < -0.3 is 10.1 Å². The molecule has 21 heavy (non-hydrogen) atoms. The summed E-state index contributed by atoms with van der Waals surface area (Å²) in [5.74, 6) is -1.87. The highest BCUT2D eigenvalue weighted by Gasteiger charge is 2.50. The zero-order valence-electron chi connectivity index (χ0n) is 13.6. The molecule has 1 aromatic heterocycles. The summed E-state index contributed by atoms with van der Waals surface area (Å²) in [5.41, 5.74) is -2.20. The summed E-state index contributed by atoms with van der Waals surface area (Å²) in [6.07, 6.45) is 1.45. The van der Waals surface area contributed by atoms with Crippen molar-refractivity contribution in [3.05, 3.63) is 48.1 Å². The lowest BCUT2D eigenvalue weighted by molar-refractivity contribution is 0.0146. The molecule has 0 spiro atoms. The zero-order chi connectivity index (χ0) is 17.5. The fraction of sp³-hybridized carbons (Fsp3) is 0.308. The first-order chi connectivity index (χ1) is 11.2. The molecule has 1 amide bonds. The van der Waals surface area contributed by atoms with Gasteiger partial charge in [-0.3, -0.25) is 0 Å². The molecular formula is C13H12F2N4O2. The van der Waals surface area contributed by atoms with Crippen molar-refractivity contribution in [2.45, 2.75) is 25.0 Å². The van der Waals surface area contributed by atoms with E-state index in [-0.39, 0.29) is 12.1 Å². The van der Waals surface area contributed by atoms with E-state index in [0.29, 0.717) is 6.07 Å². The highest BCUT2D eigenvalue weighted by atomic mass is 19.1. The summed E-state index contributed by atoms with van der Waals surface area (Å²) < 4.78 is 57.0. The number of aromatic nitrogens is 3. The maximum Gasteiger partial charge on any atom is 0.408 e. The molecule has 0 bridgehead atoms. The second-order valence-electron chi connectivity index (χ2n) is 4.57. The van der Waals surface area contributed by atoms with Gasteiger partial charge in [0.2, 0.25) is 0 Å². The molecular weight excluding hydrogens is 282 g/mol. The number of nitrogens with zero attached hydrogens (tertiary/aromatic N) is 3. The summed E-state index contributed by atoms with van der Waals surface area (Å²) in [6, 6.07) is 1.06. The van der Waals surface area contributed by atoms with Gasteiger partial charge in [0.05, 0.1) is 12.6 Å². The second kappa shape index (κ2) is 4.80. The van der Waals surface area contributed by atoms with Gasteiger partial charge in [-0.1, -0.05) is 0 Å². The standard InChI is InChI=1S/C13H12F2N4O2/c1-8-13(21-12(20)18-8,5-19-7-16-6-17-19)10-3-2-9(14)4-11(10)15/h2-4,6-8H,5H2,1H3,(H,18,20)/t8-,13-/m1/s1/i1D3. The van der Waals surface area contributed by atoms with E-state index in [1.165, 1.54) is 17.3 Å². The average molecular weight is 297 g/mol. The predicted octanol–water partition coefficient (Wildman–Crippen LogP) is 1.58. The van der Waals surface area contributed by atoms with Crippen LogP contribution in [0, 0.1) is 11.6 Å². The van der Waals surface area contributed by atoms with Crippen molar-refractivity contribution < 1.29 is 22.4 Å². The normalized spacial score (nSPS) is 27.4. The van der Waals surface area contributed by atoms with Crippen LogP contribution < -0.4 is 5.32 Å². The molecule has 2 aromatic rings. The molecule has 2 heterocycles. The second-order valence-corrected chi connectivity index (χ2v) is 4.57. The minimum absolute atomic E-state index is 0.265. The van der Waals surface area contributed by atoms with Crippen LogP contribution in [0.25, 0.3) is 0 Å². The molecule has 0 saturated carbocycles. The number of carbonyl (C=O) groups is 1. The largest absolute Gasteiger partial charge is 0.434 e. The summed E-state index contributed by atoms with van der Waals surface area (Å²) in [6.45, 7) is -3.01. The summed E-state index contributed by atoms with van der Waals surface area (Å²) in [5, 5.41) is 6.04. The van der Waals surface area contributed by atoms with E-state index in [9.17, 15) is 13.6 Å². The molecule has 0 unspecified atom stereocenters. The molecule has 1 aromatic carbocycles. The lowest BCUT2D eigenvalue weighted by Gasteiger charge is -2.31. The smallest absolute Gasteiger partial charge is 0.408 e. The van der Waals surface area contributed by atoms with Crippen LogP contribution in [0.2, 0.25) is 0 Å². The number of hydrogen-bond donors (Lipinski definition) is 1. The van der Waals surface area contributed by atoms with Gasteiger partial charge in [0.1, 0.15) is 24.3 Å². The van der Waals surface area contributed by atoms with Crippen LogP contribution in [0.4, 0.5) is 13.6 Å². The molecule has 110 valence electrons. The van der Waals surface area contributed by atoms with E-state index in [2.05, 4.69) is 15.4 Å². The average Bonchev–Trinajstić information content (AvgIpc) is 3.06. The first-order valence-electron chi connectivity index (χ1n) is 7.50. The number of nitrogens with one attached hydrogen (secondary N) is 1. The number of rotatable bonds is 3. The van der Waals surface area contributed by atoms with Gasteiger partial charge >= 0.3 is 6.09 Å². The van der Waals surface area contributed by atoms with Crippen molar-refractivity contribution in [2.75, 3.05) is 0 Å². The van der Waals surface area contributed by atoms with Gasteiger partial charge in [-0.15, -0.1) is 0 Å². The molecule has 1 aliphatic heterocycles. The Morgan fingerprint density at radius 1 is 1.57 bits per heavy atom. The summed E-state index contributed by atoms with van der Waals surface area (Å²) in [7, 11) is 0. The molecule has 0 radical (unpaired) electrons. The quantitative estimate of drug-likeness (QED) is 0.934. The van der Waals surface area contributed by atoms with E-state index in [0.717, 1.165) is 12.1 Å². The van der Waals surface area contributed by atoms with E-state index in [4.69, 9.17) is 8.85 Å². The van der Waals surface area contributed by atoms with Crippen molar-refractivity contribution >= 4 is 6.09 Å². The Hall–Kier alpha value is -2.51. The van der Waals surface area contributed by atoms with Crippen LogP contribution in [-0.2, 0) is 16.9 Å². The third-order valence-electron chi connectivity index (χ3n) is 3.25. The van der Waals surface area contributed by atoms with Crippen molar-refractivity contribution in [1.29, 1.82) is 0 Å². The monoisotopic (exact) mass is 297 g/mol. The Morgan fingerprint density at radius 2 is 2.43 bits per heavy atom. The number of halogens is 2. The summed E-state index contributed by atoms with van der Waals surface area (Å²) in [4.78, 5) is 15.5. The Bertz CT molecular complexity index is 769. The maximum atomic E-state index is 14.4. The molecule has 1 aliphatic rings. The van der Waals surface area contributed by atoms with Crippen molar-refractivity contribution in [2.24, 2.45) is 0 Å².